The molecule has 0 spiro atoms. The smallest absolute Gasteiger partial charge is 0.137 e. The molecule has 0 fully saturated rings. The van der Waals surface area contributed by atoms with Gasteiger partial charge in [-0.15, -0.1) is 0 Å². The number of anilines is 1. The Kier molecular flexibility index (Phi) is 6.52. The molecule has 0 amide bonds. The van der Waals surface area contributed by atoms with Crippen molar-refractivity contribution in [1.82, 2.24) is 9.97 Å². The van der Waals surface area contributed by atoms with E-state index in [0.717, 1.165) is 36.6 Å². The molecule has 0 saturated carbocycles. The number of aliphatic hydroxyl groups excluding tert-OH is 1. The zero-order valence-electron chi connectivity index (χ0n) is 12.2. The van der Waals surface area contributed by atoms with Crippen LogP contribution in [0.3, 0.4) is 0 Å². The molecule has 2 N–H and O–H groups in total. The average Bonchev–Trinajstić information content (AvgIpc) is 2.38. The predicted molar refractivity (Wildman–Crippen MR) is 79.8 cm³/mol. The normalized spacial score (nSPS) is 12.8. The first-order chi connectivity index (χ1) is 8.95. The van der Waals surface area contributed by atoms with Gasteiger partial charge in [-0.1, -0.05) is 32.4 Å². The highest BCUT2D eigenvalue weighted by Gasteiger charge is 2.11. The van der Waals surface area contributed by atoms with Gasteiger partial charge in [-0.3, -0.25) is 0 Å². The topological polar surface area (TPSA) is 58.0 Å². The summed E-state index contributed by atoms with van der Waals surface area (Å²) in [7, 11) is 0. The van der Waals surface area contributed by atoms with Crippen LogP contribution in [0.5, 0.6) is 0 Å². The van der Waals surface area contributed by atoms with Gasteiger partial charge in [0.2, 0.25) is 0 Å². The largest absolute Gasteiger partial charge is 0.396 e. The van der Waals surface area contributed by atoms with E-state index in [9.17, 15) is 0 Å². The third kappa shape index (κ3) is 4.96. The number of nitrogens with one attached hydrogen (secondary N) is 1. The molecule has 1 aromatic heterocycles. The zero-order chi connectivity index (χ0) is 14.4. The van der Waals surface area contributed by atoms with Crippen molar-refractivity contribution in [2.24, 2.45) is 5.92 Å². The second kappa shape index (κ2) is 7.65. The Bertz CT molecular complexity index is 410. The van der Waals surface area contributed by atoms with Gasteiger partial charge < -0.3 is 10.4 Å². The van der Waals surface area contributed by atoms with E-state index in [2.05, 4.69) is 15.3 Å². The first-order valence-corrected chi connectivity index (χ1v) is 7.22. The van der Waals surface area contributed by atoms with Crippen molar-refractivity contribution in [3.63, 3.8) is 0 Å². The van der Waals surface area contributed by atoms with Crippen LogP contribution in [0.1, 0.15) is 50.9 Å². The van der Waals surface area contributed by atoms with Crippen LogP contribution < -0.4 is 5.32 Å². The maximum Gasteiger partial charge on any atom is 0.137 e. The van der Waals surface area contributed by atoms with Crippen LogP contribution in [0.15, 0.2) is 0 Å². The zero-order valence-corrected chi connectivity index (χ0v) is 13.0. The van der Waals surface area contributed by atoms with E-state index < -0.39 is 0 Å². The van der Waals surface area contributed by atoms with Gasteiger partial charge in [0.1, 0.15) is 16.8 Å². The first-order valence-electron chi connectivity index (χ1n) is 6.84. The Morgan fingerprint density at radius 3 is 2.53 bits per heavy atom. The SMILES string of the molecule is Cc1c(Cl)nc(C(C)C)nc1NCCCC(C)CO. The third-order valence-corrected chi connectivity index (χ3v) is 3.47. The van der Waals surface area contributed by atoms with Crippen molar-refractivity contribution >= 4 is 17.4 Å². The predicted octanol–water partition coefficient (Wildman–Crippen LogP) is 3.38. The van der Waals surface area contributed by atoms with Gasteiger partial charge in [0.15, 0.2) is 0 Å². The van der Waals surface area contributed by atoms with Crippen LogP contribution in [-0.2, 0) is 0 Å². The van der Waals surface area contributed by atoms with E-state index in [4.69, 9.17) is 16.7 Å². The van der Waals surface area contributed by atoms with Gasteiger partial charge in [-0.2, -0.15) is 0 Å². The van der Waals surface area contributed by atoms with Gasteiger partial charge in [0.25, 0.3) is 0 Å². The minimum Gasteiger partial charge on any atom is -0.396 e. The quantitative estimate of drug-likeness (QED) is 0.596. The molecule has 0 bridgehead atoms. The fourth-order valence-corrected chi connectivity index (χ4v) is 1.86. The van der Waals surface area contributed by atoms with Crippen LogP contribution in [-0.4, -0.2) is 28.2 Å². The number of halogens is 1. The number of aliphatic hydroxyl groups is 1. The summed E-state index contributed by atoms with van der Waals surface area (Å²) in [6, 6.07) is 0. The minimum absolute atomic E-state index is 0.246. The van der Waals surface area contributed by atoms with E-state index in [0.29, 0.717) is 11.1 Å². The lowest BCUT2D eigenvalue weighted by Crippen LogP contribution is -2.11. The molecular formula is C14H24ClN3O. The molecular weight excluding hydrogens is 262 g/mol. The van der Waals surface area contributed by atoms with E-state index in [-0.39, 0.29) is 12.5 Å². The van der Waals surface area contributed by atoms with Gasteiger partial charge in [-0.25, -0.2) is 9.97 Å². The van der Waals surface area contributed by atoms with E-state index in [1.54, 1.807) is 0 Å². The monoisotopic (exact) mass is 285 g/mol. The minimum atomic E-state index is 0.246. The van der Waals surface area contributed by atoms with Crippen molar-refractivity contribution in [2.75, 3.05) is 18.5 Å². The van der Waals surface area contributed by atoms with Gasteiger partial charge in [0, 0.05) is 24.6 Å². The highest BCUT2D eigenvalue weighted by molar-refractivity contribution is 6.30. The summed E-state index contributed by atoms with van der Waals surface area (Å²) in [5, 5.41) is 12.8. The summed E-state index contributed by atoms with van der Waals surface area (Å²) in [6.07, 6.45) is 2.00. The highest BCUT2D eigenvalue weighted by atomic mass is 35.5. The molecule has 5 heteroatoms. The fraction of sp³-hybridized carbons (Fsp3) is 0.714. The van der Waals surface area contributed by atoms with Crippen LogP contribution in [0.2, 0.25) is 5.15 Å². The van der Waals surface area contributed by atoms with Crippen LogP contribution in [0, 0.1) is 12.8 Å². The van der Waals surface area contributed by atoms with Crippen molar-refractivity contribution in [2.45, 2.75) is 46.5 Å². The molecule has 0 radical (unpaired) electrons. The Morgan fingerprint density at radius 2 is 1.95 bits per heavy atom. The van der Waals surface area contributed by atoms with Crippen molar-refractivity contribution < 1.29 is 5.11 Å². The summed E-state index contributed by atoms with van der Waals surface area (Å²) >= 11 is 6.12. The average molecular weight is 286 g/mol. The molecule has 0 aliphatic carbocycles. The molecule has 108 valence electrons. The lowest BCUT2D eigenvalue weighted by molar-refractivity contribution is 0.229. The van der Waals surface area contributed by atoms with E-state index >= 15 is 0 Å². The third-order valence-electron chi connectivity index (χ3n) is 3.10. The fourth-order valence-electron chi connectivity index (χ4n) is 1.68. The molecule has 0 aliphatic rings. The molecule has 0 aliphatic heterocycles. The standard InChI is InChI=1S/C14H24ClN3O/c1-9(2)13-17-12(15)11(4)14(18-13)16-7-5-6-10(3)8-19/h9-10,19H,5-8H2,1-4H3,(H,16,17,18). The molecule has 0 saturated heterocycles. The molecule has 4 nitrogen and oxygen atoms in total. The number of nitrogens with zero attached hydrogens (tertiary/aromatic N) is 2. The summed E-state index contributed by atoms with van der Waals surface area (Å²) < 4.78 is 0. The molecule has 19 heavy (non-hydrogen) atoms. The summed E-state index contributed by atoms with van der Waals surface area (Å²) in [5.74, 6) is 2.19. The summed E-state index contributed by atoms with van der Waals surface area (Å²) in [6.45, 7) is 9.14. The van der Waals surface area contributed by atoms with Crippen LogP contribution >= 0.6 is 11.6 Å². The van der Waals surface area contributed by atoms with Crippen molar-refractivity contribution in [3.8, 4) is 0 Å². The van der Waals surface area contributed by atoms with Gasteiger partial charge in [0.05, 0.1) is 0 Å². The van der Waals surface area contributed by atoms with Gasteiger partial charge >= 0.3 is 0 Å². The molecule has 1 rings (SSSR count). The molecule has 1 heterocycles. The number of rotatable bonds is 7. The maximum atomic E-state index is 8.97. The van der Waals surface area contributed by atoms with Crippen molar-refractivity contribution in [3.05, 3.63) is 16.5 Å². The Labute approximate surface area is 120 Å². The number of aromatic nitrogens is 2. The van der Waals surface area contributed by atoms with E-state index in [1.165, 1.54) is 0 Å². The summed E-state index contributed by atoms with van der Waals surface area (Å²) in [5.41, 5.74) is 0.890. The van der Waals surface area contributed by atoms with Crippen molar-refractivity contribution in [1.29, 1.82) is 0 Å². The lowest BCUT2D eigenvalue weighted by atomic mass is 10.1. The molecule has 1 atom stereocenters. The summed E-state index contributed by atoms with van der Waals surface area (Å²) in [4.78, 5) is 8.80. The Hall–Kier alpha value is -0.870. The molecule has 1 aromatic rings. The second-order valence-corrected chi connectivity index (χ2v) is 5.72. The van der Waals surface area contributed by atoms with Crippen LogP contribution in [0.4, 0.5) is 5.82 Å². The number of hydrogen-bond donors (Lipinski definition) is 2. The lowest BCUT2D eigenvalue weighted by Gasteiger charge is -2.13. The number of hydrogen-bond acceptors (Lipinski definition) is 4. The first kappa shape index (κ1) is 16.2. The highest BCUT2D eigenvalue weighted by Crippen LogP contribution is 2.22. The maximum absolute atomic E-state index is 8.97. The van der Waals surface area contributed by atoms with Gasteiger partial charge in [-0.05, 0) is 25.7 Å². The second-order valence-electron chi connectivity index (χ2n) is 5.36. The van der Waals surface area contributed by atoms with Crippen LogP contribution in [0.25, 0.3) is 0 Å². The van der Waals surface area contributed by atoms with E-state index in [1.807, 2.05) is 27.7 Å². The Morgan fingerprint density at radius 1 is 1.26 bits per heavy atom. The molecule has 1 unspecified atom stereocenters. The molecule has 0 aromatic carbocycles. The Balaban J connectivity index is 2.62.